The molecule has 1 aliphatic carbocycles. The number of hydrogen-bond acceptors (Lipinski definition) is 0. The second-order valence-corrected chi connectivity index (χ2v) is 10.2. The molecule has 0 aliphatic heterocycles. The van der Waals surface area contributed by atoms with Gasteiger partial charge in [0.05, 0.1) is 0 Å². The third kappa shape index (κ3) is 3.01. The van der Waals surface area contributed by atoms with E-state index in [4.69, 9.17) is 0 Å². The van der Waals surface area contributed by atoms with Crippen LogP contribution in [0, 0.1) is 0 Å². The van der Waals surface area contributed by atoms with E-state index in [-0.39, 0.29) is 10.8 Å². The van der Waals surface area contributed by atoms with Crippen LogP contribution in [0.5, 0.6) is 0 Å². The highest BCUT2D eigenvalue weighted by Crippen LogP contribution is 2.58. The highest BCUT2D eigenvalue weighted by Gasteiger charge is 2.52. The molecule has 5 rings (SSSR count). The lowest BCUT2D eigenvalue weighted by atomic mass is 9.67. The Bertz CT molecular complexity index is 1180. The van der Waals surface area contributed by atoms with E-state index in [0.29, 0.717) is 0 Å². The number of hydrogen-bond donors (Lipinski definition) is 0. The predicted octanol–water partition coefficient (Wildman–Crippen LogP) is 8.26. The van der Waals surface area contributed by atoms with Gasteiger partial charge >= 0.3 is 0 Å². The molecule has 2 atom stereocenters. The molecule has 0 saturated heterocycles. The summed E-state index contributed by atoms with van der Waals surface area (Å²) in [5.41, 5.74) is 6.59. The number of benzene rings is 4. The van der Waals surface area contributed by atoms with Gasteiger partial charge in [-0.2, -0.15) is 0 Å². The zero-order valence-electron chi connectivity index (χ0n) is 16.8. The van der Waals surface area contributed by atoms with Gasteiger partial charge in [0.15, 0.2) is 0 Å². The molecule has 0 spiro atoms. The summed E-state index contributed by atoms with van der Waals surface area (Å²) in [5, 5.41) is 0. The van der Waals surface area contributed by atoms with Crippen molar-refractivity contribution in [2.75, 3.05) is 0 Å². The van der Waals surface area contributed by atoms with Crippen molar-refractivity contribution in [2.24, 2.45) is 0 Å². The van der Waals surface area contributed by atoms with Gasteiger partial charge in [-0.15, -0.1) is 0 Å². The highest BCUT2D eigenvalue weighted by molar-refractivity contribution is 9.10. The molecule has 0 heterocycles. The first-order valence-electron chi connectivity index (χ1n) is 10.2. The molecule has 2 unspecified atom stereocenters. The summed E-state index contributed by atoms with van der Waals surface area (Å²) in [6.45, 7) is 2.40. The van der Waals surface area contributed by atoms with Crippen LogP contribution < -0.4 is 0 Å². The van der Waals surface area contributed by atoms with E-state index in [9.17, 15) is 0 Å². The number of halogens is 2. The standard InChI is InChI=1S/C28H22Br2/c1-27(20-11-15-23(29)16-12-20)19-28(21-7-3-2-4-8-21,22-13-17-24(30)18-14-22)26-10-6-5-9-25(26)27/h2-18H,19H2,1H3. The van der Waals surface area contributed by atoms with E-state index in [2.05, 4.69) is 142 Å². The summed E-state index contributed by atoms with van der Waals surface area (Å²) in [6, 6.07) is 37.7. The largest absolute Gasteiger partial charge is 0.0622 e. The van der Waals surface area contributed by atoms with Crippen LogP contribution in [-0.4, -0.2) is 0 Å². The molecule has 0 N–H and O–H groups in total. The molecule has 0 saturated carbocycles. The molecule has 0 radical (unpaired) electrons. The van der Waals surface area contributed by atoms with Crippen LogP contribution in [0.1, 0.15) is 41.2 Å². The van der Waals surface area contributed by atoms with Gasteiger partial charge in [0.2, 0.25) is 0 Å². The van der Waals surface area contributed by atoms with E-state index in [0.717, 1.165) is 15.4 Å². The Hall–Kier alpha value is -2.16. The average Bonchev–Trinajstić information content (AvgIpc) is 3.06. The molecule has 4 aromatic rings. The maximum absolute atomic E-state index is 3.62. The molecular formula is C28H22Br2. The van der Waals surface area contributed by atoms with Crippen LogP contribution >= 0.6 is 31.9 Å². The average molecular weight is 518 g/mol. The third-order valence-corrected chi connectivity index (χ3v) is 7.74. The molecule has 30 heavy (non-hydrogen) atoms. The van der Waals surface area contributed by atoms with Crippen LogP contribution in [0.15, 0.2) is 112 Å². The molecule has 2 heteroatoms. The molecule has 0 nitrogen and oxygen atoms in total. The lowest BCUT2D eigenvalue weighted by molar-refractivity contribution is 0.473. The van der Waals surface area contributed by atoms with Crippen LogP contribution in [0.3, 0.4) is 0 Å². The van der Waals surface area contributed by atoms with Gasteiger partial charge in [0.25, 0.3) is 0 Å². The lowest BCUT2D eigenvalue weighted by Crippen LogP contribution is -2.30. The quantitative estimate of drug-likeness (QED) is 0.256. The Morgan fingerprint density at radius 3 is 1.60 bits per heavy atom. The molecule has 0 bridgehead atoms. The van der Waals surface area contributed by atoms with Gasteiger partial charge in [-0.1, -0.05) is 118 Å². The summed E-state index contributed by atoms with van der Waals surface area (Å²) in [5.74, 6) is 0. The minimum Gasteiger partial charge on any atom is -0.0622 e. The summed E-state index contributed by atoms with van der Waals surface area (Å²) in [6.07, 6.45) is 0.993. The fraction of sp³-hybridized carbons (Fsp3) is 0.143. The Kier molecular flexibility index (Phi) is 4.95. The predicted molar refractivity (Wildman–Crippen MR) is 132 cm³/mol. The zero-order chi connectivity index (χ0) is 20.8. The van der Waals surface area contributed by atoms with Crippen LogP contribution in [-0.2, 0) is 10.8 Å². The van der Waals surface area contributed by atoms with Crippen molar-refractivity contribution in [1.82, 2.24) is 0 Å². The second kappa shape index (κ2) is 7.51. The monoisotopic (exact) mass is 516 g/mol. The van der Waals surface area contributed by atoms with Crippen LogP contribution in [0.2, 0.25) is 0 Å². The van der Waals surface area contributed by atoms with Crippen molar-refractivity contribution >= 4 is 31.9 Å². The van der Waals surface area contributed by atoms with Gasteiger partial charge < -0.3 is 0 Å². The van der Waals surface area contributed by atoms with Crippen molar-refractivity contribution in [1.29, 1.82) is 0 Å². The lowest BCUT2D eigenvalue weighted by Gasteiger charge is -2.35. The van der Waals surface area contributed by atoms with Crippen molar-refractivity contribution in [2.45, 2.75) is 24.2 Å². The topological polar surface area (TPSA) is 0 Å². The Labute approximate surface area is 195 Å². The van der Waals surface area contributed by atoms with Gasteiger partial charge in [-0.3, -0.25) is 0 Å². The number of fused-ring (bicyclic) bond motifs is 1. The fourth-order valence-electron chi connectivity index (χ4n) is 5.27. The molecule has 1 aliphatic rings. The molecule has 0 aromatic heterocycles. The highest BCUT2D eigenvalue weighted by atomic mass is 79.9. The van der Waals surface area contributed by atoms with Crippen molar-refractivity contribution < 1.29 is 0 Å². The van der Waals surface area contributed by atoms with Crippen molar-refractivity contribution in [3.63, 3.8) is 0 Å². The molecule has 0 fully saturated rings. The zero-order valence-corrected chi connectivity index (χ0v) is 19.9. The first-order chi connectivity index (χ1) is 14.5. The first-order valence-corrected chi connectivity index (χ1v) is 11.8. The smallest absolute Gasteiger partial charge is 0.0466 e. The van der Waals surface area contributed by atoms with Gasteiger partial charge in [-0.05, 0) is 58.5 Å². The van der Waals surface area contributed by atoms with Crippen molar-refractivity contribution in [3.05, 3.63) is 140 Å². The molecular weight excluding hydrogens is 496 g/mol. The van der Waals surface area contributed by atoms with Gasteiger partial charge in [0.1, 0.15) is 0 Å². The van der Waals surface area contributed by atoms with E-state index < -0.39 is 0 Å². The third-order valence-electron chi connectivity index (χ3n) is 6.68. The SMILES string of the molecule is CC1(c2ccc(Br)cc2)CC(c2ccccc2)(c2ccc(Br)cc2)c2ccccc21. The maximum atomic E-state index is 3.62. The van der Waals surface area contributed by atoms with E-state index in [1.54, 1.807) is 0 Å². The van der Waals surface area contributed by atoms with Crippen LogP contribution in [0.4, 0.5) is 0 Å². The van der Waals surface area contributed by atoms with Crippen LogP contribution in [0.25, 0.3) is 0 Å². The van der Waals surface area contributed by atoms with Crippen molar-refractivity contribution in [3.8, 4) is 0 Å². The fourth-order valence-corrected chi connectivity index (χ4v) is 5.80. The summed E-state index contributed by atoms with van der Waals surface area (Å²) in [7, 11) is 0. The molecule has 0 amide bonds. The van der Waals surface area contributed by atoms with Gasteiger partial charge in [0, 0.05) is 19.8 Å². The summed E-state index contributed by atoms with van der Waals surface area (Å²) >= 11 is 7.22. The molecule has 4 aromatic carbocycles. The van der Waals surface area contributed by atoms with E-state index in [1.807, 2.05) is 0 Å². The number of rotatable bonds is 3. The van der Waals surface area contributed by atoms with E-state index in [1.165, 1.54) is 27.8 Å². The molecule has 148 valence electrons. The summed E-state index contributed by atoms with van der Waals surface area (Å²) in [4.78, 5) is 0. The Morgan fingerprint density at radius 1 is 0.533 bits per heavy atom. The van der Waals surface area contributed by atoms with Gasteiger partial charge in [-0.25, -0.2) is 0 Å². The minimum atomic E-state index is -0.194. The Morgan fingerprint density at radius 2 is 1.00 bits per heavy atom. The van der Waals surface area contributed by atoms with E-state index >= 15 is 0 Å². The first kappa shape index (κ1) is 19.8. The summed E-state index contributed by atoms with van der Waals surface area (Å²) < 4.78 is 2.22. The Balaban J connectivity index is 1.82. The maximum Gasteiger partial charge on any atom is 0.0466 e. The normalized spacial score (nSPS) is 22.6. The minimum absolute atomic E-state index is 0.0831. The second-order valence-electron chi connectivity index (χ2n) is 8.34.